The zero-order valence-corrected chi connectivity index (χ0v) is 4.24. The maximum atomic E-state index is 9.99. The van der Waals surface area contributed by atoms with Crippen molar-refractivity contribution in [2.75, 3.05) is 0 Å². The Labute approximate surface area is 46.6 Å². The summed E-state index contributed by atoms with van der Waals surface area (Å²) in [5.74, 6) is 0. The lowest BCUT2D eigenvalue weighted by Crippen LogP contribution is -1.96. The third kappa shape index (κ3) is 0.578. The van der Waals surface area contributed by atoms with Crippen LogP contribution in [0.5, 0.6) is 0 Å². The van der Waals surface area contributed by atoms with Gasteiger partial charge >= 0.3 is 0 Å². The second kappa shape index (κ2) is 1.69. The fourth-order valence-corrected chi connectivity index (χ4v) is 0.443. The van der Waals surface area contributed by atoms with Gasteiger partial charge in [-0.05, 0) is 5.10 Å². The Morgan fingerprint density at radius 1 is 1.88 bits per heavy atom. The third-order valence-electron chi connectivity index (χ3n) is 0.870. The van der Waals surface area contributed by atoms with E-state index in [4.69, 9.17) is 0 Å². The Bertz CT molecular complexity index is 191. The molecule has 0 saturated heterocycles. The van der Waals surface area contributed by atoms with E-state index >= 15 is 0 Å². The second-order valence-corrected chi connectivity index (χ2v) is 1.37. The summed E-state index contributed by atoms with van der Waals surface area (Å²) >= 11 is 0. The second-order valence-electron chi connectivity index (χ2n) is 1.37. The summed E-state index contributed by atoms with van der Waals surface area (Å²) in [5, 5.41) is 3.66. The Morgan fingerprint density at radius 3 is 2.88 bits per heavy atom. The lowest BCUT2D eigenvalue weighted by Gasteiger charge is -1.76. The fourth-order valence-electron chi connectivity index (χ4n) is 0.443. The van der Waals surface area contributed by atoms with Crippen LogP contribution in [0.15, 0.2) is 16.9 Å². The highest BCUT2D eigenvalue weighted by Crippen LogP contribution is 1.95. The van der Waals surface area contributed by atoms with E-state index in [1.807, 2.05) is 0 Å². The van der Waals surface area contributed by atoms with Gasteiger partial charge in [-0.1, -0.05) is 4.68 Å². The number of nitrogens with zero attached hydrogens (tertiary/aromatic N) is 2. The minimum absolute atomic E-state index is 0.491. The van der Waals surface area contributed by atoms with Gasteiger partial charge < -0.3 is 0 Å². The molecule has 0 aromatic rings. The first kappa shape index (κ1) is 4.90. The molecule has 0 radical (unpaired) electrons. The summed E-state index contributed by atoms with van der Waals surface area (Å²) < 4.78 is 1.27. The van der Waals surface area contributed by atoms with Crippen LogP contribution in [0.4, 0.5) is 0 Å². The zero-order chi connectivity index (χ0) is 5.98. The fraction of sp³-hybridized carbons (Fsp3) is 0. The number of hydrogen-bond donors (Lipinski definition) is 0. The van der Waals surface area contributed by atoms with E-state index in [0.717, 1.165) is 0 Å². The first-order valence-electron chi connectivity index (χ1n) is 2.14. The SMILES string of the molecule is C=[N+]1N=CC=C1C=O. The van der Waals surface area contributed by atoms with Gasteiger partial charge in [0, 0.05) is 6.08 Å². The van der Waals surface area contributed by atoms with Crippen molar-refractivity contribution in [2.24, 2.45) is 5.10 Å². The summed E-state index contributed by atoms with van der Waals surface area (Å²) in [6.07, 6.45) is 3.83. The molecule has 0 spiro atoms. The molecular formula is C5H5N2O+. The van der Waals surface area contributed by atoms with Crippen LogP contribution in [0.3, 0.4) is 0 Å². The molecule has 1 heterocycles. The quantitative estimate of drug-likeness (QED) is 0.338. The Morgan fingerprint density at radius 2 is 2.62 bits per heavy atom. The summed E-state index contributed by atoms with van der Waals surface area (Å²) in [7, 11) is 0. The van der Waals surface area contributed by atoms with E-state index in [1.54, 1.807) is 6.08 Å². The molecule has 0 aromatic heterocycles. The summed E-state index contributed by atoms with van der Waals surface area (Å²) in [6, 6.07) is 0. The van der Waals surface area contributed by atoms with Crippen molar-refractivity contribution < 1.29 is 9.48 Å². The first-order valence-corrected chi connectivity index (χ1v) is 2.14. The van der Waals surface area contributed by atoms with Crippen LogP contribution in [-0.2, 0) is 4.79 Å². The molecule has 0 amide bonds. The number of rotatable bonds is 1. The van der Waals surface area contributed by atoms with Gasteiger partial charge in [-0.15, -0.1) is 0 Å². The van der Waals surface area contributed by atoms with Crippen molar-refractivity contribution in [1.82, 2.24) is 0 Å². The molecule has 0 aliphatic carbocycles. The standard InChI is InChI=1S/C5H5N2O/c1-7-5(4-8)2-3-6-7/h2-4H,1H2/q+1. The largest absolute Gasteiger partial charge is 0.291 e. The Kier molecular flexibility index (Phi) is 1.04. The van der Waals surface area contributed by atoms with Crippen LogP contribution in [-0.4, -0.2) is 23.9 Å². The molecule has 40 valence electrons. The van der Waals surface area contributed by atoms with Gasteiger partial charge in [0.05, 0.1) is 0 Å². The minimum Gasteiger partial charge on any atom is -0.291 e. The first-order chi connectivity index (χ1) is 3.84. The predicted molar refractivity (Wildman–Crippen MR) is 30.0 cm³/mol. The van der Waals surface area contributed by atoms with E-state index in [0.29, 0.717) is 12.0 Å². The Hall–Kier alpha value is -1.25. The van der Waals surface area contributed by atoms with Gasteiger partial charge in [-0.25, -0.2) is 0 Å². The van der Waals surface area contributed by atoms with Crippen LogP contribution < -0.4 is 0 Å². The van der Waals surface area contributed by atoms with Gasteiger partial charge in [0.25, 0.3) is 5.70 Å². The minimum atomic E-state index is 0.491. The van der Waals surface area contributed by atoms with Crippen LogP contribution in [0.2, 0.25) is 0 Å². The maximum absolute atomic E-state index is 9.99. The molecule has 0 aromatic carbocycles. The van der Waals surface area contributed by atoms with Crippen LogP contribution >= 0.6 is 0 Å². The zero-order valence-electron chi connectivity index (χ0n) is 4.24. The predicted octanol–water partition coefficient (Wildman–Crippen LogP) is -0.218. The summed E-state index contributed by atoms with van der Waals surface area (Å²) in [5.41, 5.74) is 0.491. The molecular weight excluding hydrogens is 104 g/mol. The molecule has 3 heteroatoms. The number of carbonyl (C=O) groups excluding carboxylic acids is 1. The van der Waals surface area contributed by atoms with Crippen molar-refractivity contribution in [3.8, 4) is 0 Å². The molecule has 0 unspecified atom stereocenters. The smallest absolute Gasteiger partial charge is 0.278 e. The van der Waals surface area contributed by atoms with Gasteiger partial charge in [-0.3, -0.25) is 4.79 Å². The van der Waals surface area contributed by atoms with Crippen LogP contribution in [0, 0.1) is 0 Å². The van der Waals surface area contributed by atoms with Gasteiger partial charge in [-0.2, -0.15) is 0 Å². The molecule has 3 nitrogen and oxygen atoms in total. The molecule has 0 atom stereocenters. The lowest BCUT2D eigenvalue weighted by atomic mass is 10.5. The number of hydrogen-bond acceptors (Lipinski definition) is 2. The molecule has 1 rings (SSSR count). The molecule has 0 bridgehead atoms. The van der Waals surface area contributed by atoms with E-state index in [1.165, 1.54) is 10.9 Å². The van der Waals surface area contributed by atoms with E-state index in [2.05, 4.69) is 11.8 Å². The molecule has 0 saturated carbocycles. The van der Waals surface area contributed by atoms with Crippen LogP contribution in [0.1, 0.15) is 0 Å². The average Bonchev–Trinajstić information content (AvgIpc) is 2.14. The van der Waals surface area contributed by atoms with Gasteiger partial charge in [0.1, 0.15) is 6.21 Å². The molecule has 0 N–H and O–H groups in total. The monoisotopic (exact) mass is 109 g/mol. The van der Waals surface area contributed by atoms with Crippen molar-refractivity contribution >= 4 is 19.2 Å². The molecule has 1 aliphatic rings. The van der Waals surface area contributed by atoms with Crippen molar-refractivity contribution in [3.05, 3.63) is 11.8 Å². The summed E-state index contributed by atoms with van der Waals surface area (Å²) in [4.78, 5) is 9.99. The number of hydrazone groups is 1. The van der Waals surface area contributed by atoms with Crippen molar-refractivity contribution in [1.29, 1.82) is 0 Å². The number of allylic oxidation sites excluding steroid dienone is 2. The van der Waals surface area contributed by atoms with Crippen LogP contribution in [0.25, 0.3) is 0 Å². The average molecular weight is 109 g/mol. The number of carbonyl (C=O) groups is 1. The normalized spacial score (nSPS) is 16.5. The van der Waals surface area contributed by atoms with E-state index in [9.17, 15) is 4.79 Å². The lowest BCUT2D eigenvalue weighted by molar-refractivity contribution is -0.461. The van der Waals surface area contributed by atoms with E-state index < -0.39 is 0 Å². The van der Waals surface area contributed by atoms with Crippen molar-refractivity contribution in [2.45, 2.75) is 0 Å². The van der Waals surface area contributed by atoms with Gasteiger partial charge in [0.2, 0.25) is 6.29 Å². The molecule has 0 fully saturated rings. The highest BCUT2D eigenvalue weighted by molar-refractivity contribution is 5.83. The summed E-state index contributed by atoms with van der Waals surface area (Å²) in [6.45, 7) is 3.43. The Balaban J connectivity index is 2.88. The molecule has 8 heavy (non-hydrogen) atoms. The van der Waals surface area contributed by atoms with E-state index in [-0.39, 0.29) is 0 Å². The van der Waals surface area contributed by atoms with Crippen molar-refractivity contribution in [3.63, 3.8) is 0 Å². The highest BCUT2D eigenvalue weighted by atomic mass is 16.1. The number of aldehydes is 1. The maximum Gasteiger partial charge on any atom is 0.278 e. The molecule has 1 aliphatic heterocycles. The van der Waals surface area contributed by atoms with Gasteiger partial charge in [0.15, 0.2) is 6.72 Å². The highest BCUT2D eigenvalue weighted by Gasteiger charge is 2.10. The topological polar surface area (TPSA) is 32.4 Å². The third-order valence-corrected chi connectivity index (χ3v) is 0.870.